The Labute approximate surface area is 208 Å². The van der Waals surface area contributed by atoms with Gasteiger partial charge in [-0.2, -0.15) is 0 Å². The molecule has 5 rings (SSSR count). The van der Waals surface area contributed by atoms with Crippen LogP contribution in [-0.4, -0.2) is 39.5 Å². The van der Waals surface area contributed by atoms with Gasteiger partial charge in [0.15, 0.2) is 0 Å². The first-order valence-corrected chi connectivity index (χ1v) is 13.6. The molecule has 2 fully saturated rings. The molecule has 0 radical (unpaired) electrons. The van der Waals surface area contributed by atoms with Crippen LogP contribution in [0.25, 0.3) is 10.9 Å². The van der Waals surface area contributed by atoms with Gasteiger partial charge in [0.25, 0.3) is 0 Å². The van der Waals surface area contributed by atoms with Gasteiger partial charge in [-0.25, -0.2) is 4.79 Å². The van der Waals surface area contributed by atoms with Gasteiger partial charge in [0.05, 0.1) is 11.5 Å². The molecule has 1 saturated heterocycles. The van der Waals surface area contributed by atoms with Gasteiger partial charge in [-0.15, -0.1) is 0 Å². The van der Waals surface area contributed by atoms with Crippen molar-refractivity contribution in [3.63, 3.8) is 0 Å². The van der Waals surface area contributed by atoms with Gasteiger partial charge in [-0.05, 0) is 68.6 Å². The van der Waals surface area contributed by atoms with E-state index in [9.17, 15) is 14.7 Å². The fourth-order valence-electron chi connectivity index (χ4n) is 6.45. The second kappa shape index (κ2) is 10.8. The van der Waals surface area contributed by atoms with Gasteiger partial charge >= 0.3 is 5.97 Å². The summed E-state index contributed by atoms with van der Waals surface area (Å²) in [5.41, 5.74) is 3.97. The molecule has 2 aromatic rings. The van der Waals surface area contributed by atoms with Crippen LogP contribution in [0.2, 0.25) is 0 Å². The average Bonchev–Trinajstić information content (AvgIpc) is 3.17. The van der Waals surface area contributed by atoms with Crippen molar-refractivity contribution in [1.82, 2.24) is 9.47 Å². The van der Waals surface area contributed by atoms with Crippen molar-refractivity contribution in [2.24, 2.45) is 5.92 Å². The van der Waals surface area contributed by atoms with E-state index in [4.69, 9.17) is 0 Å². The lowest BCUT2D eigenvalue weighted by Crippen LogP contribution is -2.41. The first-order valence-electron chi connectivity index (χ1n) is 13.6. The summed E-state index contributed by atoms with van der Waals surface area (Å²) in [6.07, 6.45) is 20.7. The van der Waals surface area contributed by atoms with Crippen molar-refractivity contribution in [3.8, 4) is 0 Å². The minimum atomic E-state index is -0.900. The highest BCUT2D eigenvalue weighted by Crippen LogP contribution is 2.41. The summed E-state index contributed by atoms with van der Waals surface area (Å²) < 4.78 is 2.33. The molecular weight excluding hydrogens is 436 g/mol. The maximum Gasteiger partial charge on any atom is 0.335 e. The molecule has 0 bridgehead atoms. The van der Waals surface area contributed by atoms with Crippen molar-refractivity contribution >= 4 is 22.8 Å². The van der Waals surface area contributed by atoms with Crippen molar-refractivity contribution in [2.45, 2.75) is 83.1 Å². The number of hydrogen-bond donors (Lipinski definition) is 1. The number of amides is 1. The van der Waals surface area contributed by atoms with E-state index in [0.29, 0.717) is 18.0 Å². The Kier molecular flexibility index (Phi) is 7.40. The lowest BCUT2D eigenvalue weighted by Gasteiger charge is -2.31. The Bertz CT molecular complexity index is 1130. The number of benzene rings is 1. The number of nitrogens with zero attached hydrogens (tertiary/aromatic N) is 2. The minimum absolute atomic E-state index is 0.0992. The third kappa shape index (κ3) is 5.10. The first kappa shape index (κ1) is 23.9. The van der Waals surface area contributed by atoms with Crippen molar-refractivity contribution < 1.29 is 14.7 Å². The maximum absolute atomic E-state index is 13.7. The summed E-state index contributed by atoms with van der Waals surface area (Å²) in [6.45, 7) is 2.35. The van der Waals surface area contributed by atoms with Crippen LogP contribution in [0.5, 0.6) is 0 Å². The number of aromatic carboxylic acids is 1. The zero-order valence-electron chi connectivity index (χ0n) is 20.8. The molecule has 3 heterocycles. The topological polar surface area (TPSA) is 62.5 Å². The number of carbonyl (C=O) groups is 2. The number of likely N-dealkylation sites (tertiary alicyclic amines) is 1. The van der Waals surface area contributed by atoms with Crippen LogP contribution in [0, 0.1) is 5.92 Å². The van der Waals surface area contributed by atoms with E-state index in [-0.39, 0.29) is 11.8 Å². The number of carboxylic acids is 1. The number of piperidine rings is 1. The standard InChI is InChI=1S/C30H38N2O3/c33-29(31-18-10-5-11-19-31)24-14-6-2-1-3-9-15-26-28(22-12-7-4-8-13-22)25-17-16-23(30(34)35)20-27(25)32(26)21-24/h1-3,9,16-17,20,22,24H,4-8,10-15,18-19,21H2,(H,34,35)/b2-1-,9-3-. The molecule has 1 amide bonds. The number of allylic oxidation sites excluding steroid dienone is 4. The van der Waals surface area contributed by atoms with E-state index in [1.165, 1.54) is 55.2 Å². The number of aromatic nitrogens is 1. The van der Waals surface area contributed by atoms with Crippen molar-refractivity contribution in [3.05, 3.63) is 59.3 Å². The molecule has 1 aromatic heterocycles. The van der Waals surface area contributed by atoms with E-state index in [0.717, 1.165) is 50.7 Å². The molecule has 5 heteroatoms. The maximum atomic E-state index is 13.7. The molecule has 1 saturated carbocycles. The molecule has 1 aromatic carbocycles. The smallest absolute Gasteiger partial charge is 0.335 e. The van der Waals surface area contributed by atoms with Crippen LogP contribution in [-0.2, 0) is 17.8 Å². The number of carboxylic acid groups (broad SMARTS) is 1. The van der Waals surface area contributed by atoms with Crippen LogP contribution in [0.4, 0.5) is 0 Å². The average molecular weight is 475 g/mol. The number of fused-ring (bicyclic) bond motifs is 3. The summed E-state index contributed by atoms with van der Waals surface area (Å²) in [4.78, 5) is 27.7. The molecule has 186 valence electrons. The quantitative estimate of drug-likeness (QED) is 0.555. The summed E-state index contributed by atoms with van der Waals surface area (Å²) in [5, 5.41) is 10.9. The lowest BCUT2D eigenvalue weighted by molar-refractivity contribution is -0.137. The third-order valence-electron chi connectivity index (χ3n) is 8.27. The Balaban J connectivity index is 1.63. The largest absolute Gasteiger partial charge is 0.478 e. The summed E-state index contributed by atoms with van der Waals surface area (Å²) in [5.74, 6) is -0.225. The SMILES string of the molecule is O=C(O)c1ccc2c(C3CCCCC3)c3n(c2c1)CC(C(=O)N1CCCCC1)CC/C=C\C=C/C3. The van der Waals surface area contributed by atoms with E-state index in [1.54, 1.807) is 6.07 Å². The molecule has 5 nitrogen and oxygen atoms in total. The Morgan fingerprint density at radius 1 is 0.886 bits per heavy atom. The van der Waals surface area contributed by atoms with Gasteiger partial charge in [-0.1, -0.05) is 49.6 Å². The fourth-order valence-corrected chi connectivity index (χ4v) is 6.45. The van der Waals surface area contributed by atoms with Gasteiger partial charge in [0.2, 0.25) is 5.91 Å². The summed E-state index contributed by atoms with van der Waals surface area (Å²) >= 11 is 0. The predicted molar refractivity (Wildman–Crippen MR) is 140 cm³/mol. The highest BCUT2D eigenvalue weighted by Gasteiger charge is 2.30. The number of rotatable bonds is 3. The highest BCUT2D eigenvalue weighted by atomic mass is 16.4. The van der Waals surface area contributed by atoms with Crippen molar-refractivity contribution in [2.75, 3.05) is 13.1 Å². The zero-order valence-corrected chi connectivity index (χ0v) is 20.8. The molecular formula is C30H38N2O3. The molecule has 2 aliphatic heterocycles. The third-order valence-corrected chi connectivity index (χ3v) is 8.27. The molecule has 35 heavy (non-hydrogen) atoms. The van der Waals surface area contributed by atoms with E-state index >= 15 is 0 Å². The van der Waals surface area contributed by atoms with Gasteiger partial charge < -0.3 is 14.6 Å². The van der Waals surface area contributed by atoms with Gasteiger partial charge in [-0.3, -0.25) is 4.79 Å². The first-order chi connectivity index (χ1) is 17.1. The van der Waals surface area contributed by atoms with Crippen LogP contribution in [0.1, 0.15) is 91.7 Å². The molecule has 1 atom stereocenters. The van der Waals surface area contributed by atoms with Crippen LogP contribution < -0.4 is 0 Å². The van der Waals surface area contributed by atoms with E-state index in [1.807, 2.05) is 12.1 Å². The number of hydrogen-bond acceptors (Lipinski definition) is 2. The number of carbonyl (C=O) groups excluding carboxylic acids is 1. The summed E-state index contributed by atoms with van der Waals surface area (Å²) in [7, 11) is 0. The molecule has 1 N–H and O–H groups in total. The molecule has 1 unspecified atom stereocenters. The highest BCUT2D eigenvalue weighted by molar-refractivity contribution is 5.95. The Hall–Kier alpha value is -2.82. The monoisotopic (exact) mass is 474 g/mol. The fraction of sp³-hybridized carbons (Fsp3) is 0.533. The summed E-state index contributed by atoms with van der Waals surface area (Å²) in [6, 6.07) is 5.63. The predicted octanol–water partition coefficient (Wildman–Crippen LogP) is 6.46. The van der Waals surface area contributed by atoms with Crippen LogP contribution in [0.3, 0.4) is 0 Å². The van der Waals surface area contributed by atoms with E-state index < -0.39 is 5.97 Å². The Morgan fingerprint density at radius 3 is 2.40 bits per heavy atom. The van der Waals surface area contributed by atoms with E-state index in [2.05, 4.69) is 33.8 Å². The minimum Gasteiger partial charge on any atom is -0.478 e. The van der Waals surface area contributed by atoms with Gasteiger partial charge in [0, 0.05) is 42.7 Å². The van der Waals surface area contributed by atoms with Gasteiger partial charge in [0.1, 0.15) is 0 Å². The van der Waals surface area contributed by atoms with Crippen LogP contribution >= 0.6 is 0 Å². The molecule has 3 aliphatic rings. The molecule has 1 aliphatic carbocycles. The van der Waals surface area contributed by atoms with Crippen molar-refractivity contribution in [1.29, 1.82) is 0 Å². The second-order valence-electron chi connectivity index (χ2n) is 10.6. The normalized spacial score (nSPS) is 23.9. The lowest BCUT2D eigenvalue weighted by atomic mass is 9.82. The second-order valence-corrected chi connectivity index (χ2v) is 10.6. The zero-order chi connectivity index (χ0) is 24.2. The Morgan fingerprint density at radius 2 is 1.63 bits per heavy atom. The molecule has 0 spiro atoms. The van der Waals surface area contributed by atoms with Crippen LogP contribution in [0.15, 0.2) is 42.5 Å².